The monoisotopic (exact) mass is 442 g/mol. The van der Waals surface area contributed by atoms with Crippen molar-refractivity contribution in [3.8, 4) is 0 Å². The summed E-state index contributed by atoms with van der Waals surface area (Å²) < 4.78 is 0. The number of thiophene rings is 1. The van der Waals surface area contributed by atoms with Gasteiger partial charge in [-0.15, -0.1) is 11.3 Å². The molecule has 0 fully saturated rings. The second-order valence-electron chi connectivity index (χ2n) is 8.30. The van der Waals surface area contributed by atoms with Gasteiger partial charge in [0, 0.05) is 17.1 Å². The Labute approximate surface area is 192 Å². The van der Waals surface area contributed by atoms with E-state index in [1.165, 1.54) is 27.4 Å². The van der Waals surface area contributed by atoms with Crippen molar-refractivity contribution in [2.45, 2.75) is 39.0 Å². The molecule has 0 bridgehead atoms. The van der Waals surface area contributed by atoms with E-state index in [-0.39, 0.29) is 11.8 Å². The molecule has 0 N–H and O–H groups in total. The highest BCUT2D eigenvalue weighted by atomic mass is 32.1. The summed E-state index contributed by atoms with van der Waals surface area (Å²) in [6.45, 7) is 2.90. The van der Waals surface area contributed by atoms with Crippen molar-refractivity contribution < 1.29 is 9.59 Å². The van der Waals surface area contributed by atoms with Crippen LogP contribution in [0, 0.1) is 0 Å². The zero-order valence-electron chi connectivity index (χ0n) is 18.2. The lowest BCUT2D eigenvalue weighted by molar-refractivity contribution is -0.120. The minimum Gasteiger partial charge on any atom is -0.336 e. The molecule has 3 aromatic rings. The first kappa shape index (κ1) is 20.7. The molecule has 0 spiro atoms. The van der Waals surface area contributed by atoms with E-state index in [1.54, 1.807) is 0 Å². The van der Waals surface area contributed by atoms with Crippen molar-refractivity contribution in [1.82, 2.24) is 0 Å². The van der Waals surface area contributed by atoms with Crippen molar-refractivity contribution in [2.75, 3.05) is 16.3 Å². The summed E-state index contributed by atoms with van der Waals surface area (Å²) in [4.78, 5) is 31.7. The van der Waals surface area contributed by atoms with E-state index in [1.807, 2.05) is 53.9 Å². The molecule has 0 atom stereocenters. The molecule has 0 radical (unpaired) electrons. The van der Waals surface area contributed by atoms with Crippen LogP contribution >= 0.6 is 11.3 Å². The minimum absolute atomic E-state index is 0.239. The summed E-state index contributed by atoms with van der Waals surface area (Å²) in [6.07, 6.45) is 5.21. The number of nitrogens with zero attached hydrogens (tertiary/aromatic N) is 2. The summed E-state index contributed by atoms with van der Waals surface area (Å²) in [5.74, 6) is -0.478. The Hall–Kier alpha value is -3.18. The average molecular weight is 443 g/mol. The minimum atomic E-state index is -0.239. The molecule has 32 heavy (non-hydrogen) atoms. The largest absolute Gasteiger partial charge is 0.336 e. The Morgan fingerprint density at radius 1 is 0.938 bits per heavy atom. The van der Waals surface area contributed by atoms with Gasteiger partial charge in [0.2, 0.25) is 0 Å². The summed E-state index contributed by atoms with van der Waals surface area (Å²) in [5.41, 5.74) is 5.12. The number of unbranched alkanes of at least 4 members (excludes halogenated alkanes) is 1. The smallest absolute Gasteiger partial charge is 0.282 e. The van der Waals surface area contributed by atoms with Gasteiger partial charge in [0.15, 0.2) is 0 Å². The predicted molar refractivity (Wildman–Crippen MR) is 131 cm³/mol. The molecule has 162 valence electrons. The van der Waals surface area contributed by atoms with Crippen LogP contribution in [0.3, 0.4) is 0 Å². The number of rotatable bonds is 6. The molecule has 2 amide bonds. The maximum absolute atomic E-state index is 13.8. The molecule has 2 aliphatic heterocycles. The Balaban J connectivity index is 1.57. The van der Waals surface area contributed by atoms with E-state index in [0.717, 1.165) is 49.2 Å². The third-order valence-electron chi connectivity index (χ3n) is 6.22. The third-order valence-corrected chi connectivity index (χ3v) is 7.11. The number of aryl methyl sites for hydroxylation is 2. The number of anilines is 2. The highest BCUT2D eigenvalue weighted by molar-refractivity contribution is 7.11. The van der Waals surface area contributed by atoms with Crippen molar-refractivity contribution in [3.05, 3.63) is 87.7 Å². The van der Waals surface area contributed by atoms with Crippen molar-refractivity contribution in [1.29, 1.82) is 0 Å². The van der Waals surface area contributed by atoms with Crippen LogP contribution in [0.25, 0.3) is 5.57 Å². The first-order chi connectivity index (χ1) is 15.7. The van der Waals surface area contributed by atoms with E-state index in [2.05, 4.69) is 24.0 Å². The Kier molecular flexibility index (Phi) is 5.66. The quantitative estimate of drug-likeness (QED) is 0.451. The number of carbonyl (C=O) groups excluding carboxylic acids is 2. The lowest BCUT2D eigenvalue weighted by atomic mass is 10.00. The maximum atomic E-state index is 13.8. The molecule has 2 aromatic carbocycles. The molecule has 2 aliphatic rings. The van der Waals surface area contributed by atoms with Gasteiger partial charge in [-0.25, -0.2) is 4.90 Å². The summed E-state index contributed by atoms with van der Waals surface area (Å²) in [6, 6.07) is 19.9. The fraction of sp³-hybridized carbons (Fsp3) is 0.259. The van der Waals surface area contributed by atoms with Gasteiger partial charge in [0.05, 0.1) is 11.3 Å². The zero-order valence-corrected chi connectivity index (χ0v) is 19.0. The molecule has 5 rings (SSSR count). The van der Waals surface area contributed by atoms with Crippen LogP contribution in [0.5, 0.6) is 0 Å². The molecular weight excluding hydrogens is 416 g/mol. The van der Waals surface area contributed by atoms with E-state index in [4.69, 9.17) is 0 Å². The number of hydrogen-bond acceptors (Lipinski definition) is 4. The molecular formula is C27H26N2O2S. The molecule has 5 heteroatoms. The number of amides is 2. The van der Waals surface area contributed by atoms with E-state index < -0.39 is 0 Å². The summed E-state index contributed by atoms with van der Waals surface area (Å²) >= 11 is 1.50. The number of imide groups is 1. The SMILES string of the molecule is CCCCc1ccc(N2C(=O)C(c3cccs3)=C(N3CCCc4ccccc43)C2=O)cc1. The van der Waals surface area contributed by atoms with Crippen molar-refractivity contribution in [2.24, 2.45) is 0 Å². The molecule has 0 unspecified atom stereocenters. The van der Waals surface area contributed by atoms with Gasteiger partial charge in [0.25, 0.3) is 11.8 Å². The fourth-order valence-electron chi connectivity index (χ4n) is 4.60. The molecule has 1 aromatic heterocycles. The number of para-hydroxylation sites is 1. The average Bonchev–Trinajstić information content (AvgIpc) is 3.44. The second-order valence-corrected chi connectivity index (χ2v) is 9.25. The maximum Gasteiger partial charge on any atom is 0.282 e. The highest BCUT2D eigenvalue weighted by Gasteiger charge is 2.43. The van der Waals surface area contributed by atoms with Crippen LogP contribution in [0.1, 0.15) is 42.2 Å². The first-order valence-electron chi connectivity index (χ1n) is 11.3. The lowest BCUT2D eigenvalue weighted by Crippen LogP contribution is -2.37. The Morgan fingerprint density at radius 3 is 2.50 bits per heavy atom. The lowest BCUT2D eigenvalue weighted by Gasteiger charge is -2.32. The zero-order chi connectivity index (χ0) is 22.1. The van der Waals surface area contributed by atoms with Gasteiger partial charge >= 0.3 is 0 Å². The predicted octanol–water partition coefficient (Wildman–Crippen LogP) is 5.83. The van der Waals surface area contributed by atoms with E-state index in [0.29, 0.717) is 17.0 Å². The summed E-state index contributed by atoms with van der Waals surface area (Å²) in [5, 5.41) is 1.95. The molecule has 4 nitrogen and oxygen atoms in total. The van der Waals surface area contributed by atoms with Gasteiger partial charge in [-0.05, 0) is 66.5 Å². The fourth-order valence-corrected chi connectivity index (χ4v) is 5.37. The van der Waals surface area contributed by atoms with E-state index in [9.17, 15) is 9.59 Å². The third kappa shape index (κ3) is 3.56. The standard InChI is InChI=1S/C27H26N2O2S/c1-2-3-8-19-13-15-21(16-14-19)29-26(30)24(23-12-7-18-32-23)25(27(29)31)28-17-6-10-20-9-4-5-11-22(20)28/h4-5,7,9,11-16,18H,2-3,6,8,10,17H2,1H3. The Morgan fingerprint density at radius 2 is 1.75 bits per heavy atom. The Bertz CT molecular complexity index is 1180. The first-order valence-corrected chi connectivity index (χ1v) is 12.2. The van der Waals surface area contributed by atoms with E-state index >= 15 is 0 Å². The van der Waals surface area contributed by atoms with Gasteiger partial charge in [-0.2, -0.15) is 0 Å². The van der Waals surface area contributed by atoms with Gasteiger partial charge < -0.3 is 4.90 Å². The molecule has 0 aliphatic carbocycles. The second kappa shape index (κ2) is 8.75. The van der Waals surface area contributed by atoms with Crippen LogP contribution in [-0.4, -0.2) is 18.4 Å². The van der Waals surface area contributed by atoms with Crippen LogP contribution < -0.4 is 9.80 Å². The van der Waals surface area contributed by atoms with Crippen LogP contribution in [0.15, 0.2) is 71.7 Å². The summed E-state index contributed by atoms with van der Waals surface area (Å²) in [7, 11) is 0. The highest BCUT2D eigenvalue weighted by Crippen LogP contribution is 2.40. The van der Waals surface area contributed by atoms with Gasteiger partial charge in [-0.1, -0.05) is 49.7 Å². The van der Waals surface area contributed by atoms with Gasteiger partial charge in [-0.3, -0.25) is 9.59 Å². The topological polar surface area (TPSA) is 40.6 Å². The number of hydrogen-bond donors (Lipinski definition) is 0. The molecule has 0 saturated carbocycles. The van der Waals surface area contributed by atoms with Crippen molar-refractivity contribution in [3.63, 3.8) is 0 Å². The normalized spacial score (nSPS) is 16.2. The number of carbonyl (C=O) groups is 2. The number of fused-ring (bicyclic) bond motifs is 1. The number of benzene rings is 2. The van der Waals surface area contributed by atoms with Crippen LogP contribution in [0.4, 0.5) is 11.4 Å². The van der Waals surface area contributed by atoms with Crippen LogP contribution in [0.2, 0.25) is 0 Å². The molecule has 3 heterocycles. The van der Waals surface area contributed by atoms with Crippen molar-refractivity contribution >= 4 is 40.1 Å². The van der Waals surface area contributed by atoms with Crippen LogP contribution in [-0.2, 0) is 22.4 Å². The van der Waals surface area contributed by atoms with Gasteiger partial charge in [0.1, 0.15) is 5.70 Å². The molecule has 0 saturated heterocycles.